The Morgan fingerprint density at radius 3 is 2.76 bits per heavy atom. The molecule has 0 N–H and O–H groups in total. The molecule has 0 saturated heterocycles. The Morgan fingerprint density at radius 1 is 1.38 bits per heavy atom. The maximum absolute atomic E-state index is 12.5. The molecule has 0 aliphatic rings. The highest BCUT2D eigenvalue weighted by molar-refractivity contribution is 5.95. The van der Waals surface area contributed by atoms with Crippen LogP contribution in [0.2, 0.25) is 0 Å². The first-order chi connectivity index (χ1) is 10.0. The average Bonchev–Trinajstić information content (AvgIpc) is 2.88. The van der Waals surface area contributed by atoms with Crippen molar-refractivity contribution in [2.75, 3.05) is 13.2 Å². The summed E-state index contributed by atoms with van der Waals surface area (Å²) in [6.07, 6.45) is 3.49. The Bertz CT molecular complexity index is 615. The standard InChI is InChI=1S/C15H19N3O3/c1-4-21-14(19)10-18(11(2)3)15(20)12-9-17-8-6-5-7-13(17)16-12/h5-9,11H,4,10H2,1-3H3. The van der Waals surface area contributed by atoms with Crippen LogP contribution in [0.3, 0.4) is 0 Å². The number of ether oxygens (including phenoxy) is 1. The fraction of sp³-hybridized carbons (Fsp3) is 0.400. The van der Waals surface area contributed by atoms with Crippen LogP contribution in [-0.4, -0.2) is 45.4 Å². The molecule has 0 saturated carbocycles. The summed E-state index contributed by atoms with van der Waals surface area (Å²) >= 11 is 0. The normalized spacial score (nSPS) is 10.9. The highest BCUT2D eigenvalue weighted by atomic mass is 16.5. The molecule has 2 aromatic rings. The van der Waals surface area contributed by atoms with Gasteiger partial charge in [-0.3, -0.25) is 9.59 Å². The summed E-state index contributed by atoms with van der Waals surface area (Å²) in [4.78, 5) is 29.9. The molecule has 6 heteroatoms. The number of hydrogen-bond acceptors (Lipinski definition) is 4. The van der Waals surface area contributed by atoms with Crippen LogP contribution in [0.4, 0.5) is 0 Å². The second-order valence-corrected chi connectivity index (χ2v) is 4.92. The van der Waals surface area contributed by atoms with Crippen molar-refractivity contribution in [1.29, 1.82) is 0 Å². The van der Waals surface area contributed by atoms with Crippen LogP contribution in [-0.2, 0) is 9.53 Å². The zero-order valence-corrected chi connectivity index (χ0v) is 12.4. The molecule has 2 heterocycles. The van der Waals surface area contributed by atoms with Crippen molar-refractivity contribution < 1.29 is 14.3 Å². The summed E-state index contributed by atoms with van der Waals surface area (Å²) in [7, 11) is 0. The van der Waals surface area contributed by atoms with Crippen LogP contribution < -0.4 is 0 Å². The molecule has 0 unspecified atom stereocenters. The summed E-state index contributed by atoms with van der Waals surface area (Å²) in [5.41, 5.74) is 1.01. The van der Waals surface area contributed by atoms with Gasteiger partial charge in [0.1, 0.15) is 17.9 Å². The number of rotatable bonds is 5. The first-order valence-corrected chi connectivity index (χ1v) is 6.93. The highest BCUT2D eigenvalue weighted by Crippen LogP contribution is 2.10. The third-order valence-electron chi connectivity index (χ3n) is 3.07. The molecule has 0 aliphatic carbocycles. The van der Waals surface area contributed by atoms with Gasteiger partial charge in [-0.1, -0.05) is 6.07 Å². The number of hydrogen-bond donors (Lipinski definition) is 0. The lowest BCUT2D eigenvalue weighted by molar-refractivity contribution is -0.144. The third-order valence-corrected chi connectivity index (χ3v) is 3.07. The fourth-order valence-corrected chi connectivity index (χ4v) is 2.02. The number of carbonyl (C=O) groups is 2. The minimum Gasteiger partial charge on any atom is -0.465 e. The number of imidazole rings is 1. The van der Waals surface area contributed by atoms with Gasteiger partial charge in [-0.05, 0) is 32.9 Å². The van der Waals surface area contributed by atoms with Crippen LogP contribution >= 0.6 is 0 Å². The lowest BCUT2D eigenvalue weighted by Gasteiger charge is -2.24. The van der Waals surface area contributed by atoms with Gasteiger partial charge in [0.15, 0.2) is 0 Å². The maximum atomic E-state index is 12.5. The van der Waals surface area contributed by atoms with Crippen molar-refractivity contribution in [3.8, 4) is 0 Å². The van der Waals surface area contributed by atoms with E-state index < -0.39 is 5.97 Å². The van der Waals surface area contributed by atoms with E-state index in [1.165, 1.54) is 4.90 Å². The van der Waals surface area contributed by atoms with Crippen LogP contribution in [0.5, 0.6) is 0 Å². The fourth-order valence-electron chi connectivity index (χ4n) is 2.02. The smallest absolute Gasteiger partial charge is 0.325 e. The molecular weight excluding hydrogens is 270 g/mol. The van der Waals surface area contributed by atoms with Crippen molar-refractivity contribution in [3.05, 3.63) is 36.3 Å². The van der Waals surface area contributed by atoms with Gasteiger partial charge >= 0.3 is 5.97 Å². The van der Waals surface area contributed by atoms with Crippen molar-refractivity contribution in [1.82, 2.24) is 14.3 Å². The molecule has 0 spiro atoms. The summed E-state index contributed by atoms with van der Waals surface area (Å²) < 4.78 is 6.68. The van der Waals surface area contributed by atoms with Crippen LogP contribution in [0.15, 0.2) is 30.6 Å². The molecule has 6 nitrogen and oxygen atoms in total. The lowest BCUT2D eigenvalue weighted by atomic mass is 10.3. The van der Waals surface area contributed by atoms with E-state index in [2.05, 4.69) is 4.98 Å². The third kappa shape index (κ3) is 3.39. The molecular formula is C15H19N3O3. The van der Waals surface area contributed by atoms with E-state index >= 15 is 0 Å². The molecule has 0 aromatic carbocycles. The van der Waals surface area contributed by atoms with Crippen molar-refractivity contribution >= 4 is 17.5 Å². The summed E-state index contributed by atoms with van der Waals surface area (Å²) in [6.45, 7) is 5.67. The second-order valence-electron chi connectivity index (χ2n) is 4.92. The number of esters is 1. The molecule has 0 atom stereocenters. The number of carbonyl (C=O) groups excluding carboxylic acids is 2. The van der Waals surface area contributed by atoms with E-state index in [0.717, 1.165) is 0 Å². The van der Waals surface area contributed by atoms with Crippen LogP contribution in [0, 0.1) is 0 Å². The largest absolute Gasteiger partial charge is 0.465 e. The zero-order chi connectivity index (χ0) is 15.4. The van der Waals surface area contributed by atoms with E-state index in [4.69, 9.17) is 4.74 Å². The Kier molecular flexibility index (Phi) is 4.57. The summed E-state index contributed by atoms with van der Waals surface area (Å²) in [5, 5.41) is 0. The van der Waals surface area contributed by atoms with Gasteiger partial charge in [-0.15, -0.1) is 0 Å². The lowest BCUT2D eigenvalue weighted by Crippen LogP contribution is -2.41. The number of nitrogens with zero attached hydrogens (tertiary/aromatic N) is 3. The van der Waals surface area contributed by atoms with Crippen LogP contribution in [0.25, 0.3) is 5.65 Å². The van der Waals surface area contributed by atoms with Gasteiger partial charge in [0.05, 0.1) is 6.61 Å². The van der Waals surface area contributed by atoms with Crippen molar-refractivity contribution in [2.45, 2.75) is 26.8 Å². The molecule has 0 radical (unpaired) electrons. The van der Waals surface area contributed by atoms with E-state index in [0.29, 0.717) is 17.9 Å². The maximum Gasteiger partial charge on any atom is 0.325 e. The zero-order valence-electron chi connectivity index (χ0n) is 12.4. The van der Waals surface area contributed by atoms with Crippen molar-refractivity contribution in [2.24, 2.45) is 0 Å². The molecule has 1 amide bonds. The predicted molar refractivity (Wildman–Crippen MR) is 78.0 cm³/mol. The Labute approximate surface area is 123 Å². The minimum atomic E-state index is -0.414. The summed E-state index contributed by atoms with van der Waals surface area (Å²) in [6, 6.07) is 5.42. The first kappa shape index (κ1) is 15.0. The Morgan fingerprint density at radius 2 is 2.14 bits per heavy atom. The van der Waals surface area contributed by atoms with Crippen LogP contribution in [0.1, 0.15) is 31.3 Å². The molecule has 0 fully saturated rings. The van der Waals surface area contributed by atoms with Gasteiger partial charge < -0.3 is 14.0 Å². The van der Waals surface area contributed by atoms with Gasteiger partial charge in [-0.2, -0.15) is 0 Å². The minimum absolute atomic E-state index is 0.0712. The number of pyridine rings is 1. The van der Waals surface area contributed by atoms with Gasteiger partial charge in [0.2, 0.25) is 0 Å². The molecule has 0 bridgehead atoms. The summed E-state index contributed by atoms with van der Waals surface area (Å²) in [5.74, 6) is -0.690. The number of fused-ring (bicyclic) bond motifs is 1. The quantitative estimate of drug-likeness (QED) is 0.787. The topological polar surface area (TPSA) is 63.9 Å². The van der Waals surface area contributed by atoms with E-state index in [9.17, 15) is 9.59 Å². The first-order valence-electron chi connectivity index (χ1n) is 6.93. The molecule has 0 aliphatic heterocycles. The molecule has 2 aromatic heterocycles. The number of aromatic nitrogens is 2. The highest BCUT2D eigenvalue weighted by Gasteiger charge is 2.24. The second kappa shape index (κ2) is 6.39. The Hall–Kier alpha value is -2.37. The van der Waals surface area contributed by atoms with E-state index in [-0.39, 0.29) is 18.5 Å². The monoisotopic (exact) mass is 289 g/mol. The number of amides is 1. The molecule has 112 valence electrons. The van der Waals surface area contributed by atoms with Gasteiger partial charge in [0, 0.05) is 18.4 Å². The molecule has 21 heavy (non-hydrogen) atoms. The molecule has 2 rings (SSSR count). The van der Waals surface area contributed by atoms with E-state index in [1.54, 1.807) is 17.5 Å². The van der Waals surface area contributed by atoms with Gasteiger partial charge in [-0.25, -0.2) is 4.98 Å². The van der Waals surface area contributed by atoms with E-state index in [1.807, 2.05) is 38.2 Å². The van der Waals surface area contributed by atoms with Crippen molar-refractivity contribution in [3.63, 3.8) is 0 Å². The SMILES string of the molecule is CCOC(=O)CN(C(=O)c1cn2ccccc2n1)C(C)C. The average molecular weight is 289 g/mol. The van der Waals surface area contributed by atoms with Gasteiger partial charge in [0.25, 0.3) is 5.91 Å². The predicted octanol–water partition coefficient (Wildman–Crippen LogP) is 1.75. The Balaban J connectivity index is 2.23.